The first-order chi connectivity index (χ1) is 5.69. The number of aromatic hydroxyl groups is 2. The van der Waals surface area contributed by atoms with Crippen LogP contribution >= 0.6 is 0 Å². The van der Waals surface area contributed by atoms with Gasteiger partial charge >= 0.3 is 0 Å². The number of hydrogen-bond donors (Lipinski definition) is 2. The maximum absolute atomic E-state index is 9.98. The van der Waals surface area contributed by atoms with Crippen molar-refractivity contribution >= 4 is 11.4 Å². The second kappa shape index (κ2) is 2.95. The lowest BCUT2D eigenvalue weighted by molar-refractivity contribution is 0.463. The predicted molar refractivity (Wildman–Crippen MR) is 40.7 cm³/mol. The fraction of sp³-hybridized carbons (Fsp3) is 0. The van der Waals surface area contributed by atoms with Gasteiger partial charge in [-0.15, -0.1) is 9.81 Å². The van der Waals surface area contributed by atoms with Gasteiger partial charge in [-0.25, -0.2) is 0 Å². The monoisotopic (exact) mass is 168 g/mol. The Labute approximate surface area is 66.4 Å². The van der Waals surface area contributed by atoms with E-state index in [9.17, 15) is 9.81 Å². The summed E-state index contributed by atoms with van der Waals surface area (Å²) in [5.41, 5.74) is -0.825. The summed E-state index contributed by atoms with van der Waals surface area (Å²) in [6.45, 7) is 0. The van der Waals surface area contributed by atoms with Gasteiger partial charge in [-0.3, -0.25) is 0 Å². The summed E-state index contributed by atoms with van der Waals surface area (Å²) in [6, 6.07) is 1.86. The number of nitrogens with zero attached hydrogens (tertiary/aromatic N) is 2. The Morgan fingerprint density at radius 2 is 1.42 bits per heavy atom. The second-order valence-electron chi connectivity index (χ2n) is 2.02. The van der Waals surface area contributed by atoms with E-state index in [-0.39, 0.29) is 5.75 Å². The maximum atomic E-state index is 9.98. The van der Waals surface area contributed by atoms with Crippen molar-refractivity contribution in [2.75, 3.05) is 0 Å². The zero-order valence-corrected chi connectivity index (χ0v) is 5.76. The van der Waals surface area contributed by atoms with E-state index in [2.05, 4.69) is 10.4 Å². The molecule has 0 bridgehead atoms. The standard InChI is InChI=1S/C6H4N2O4/c9-3-1-4(7-11)6(10)5(2-3)8-12/h1-2,9-10H. The van der Waals surface area contributed by atoms with E-state index < -0.39 is 17.1 Å². The van der Waals surface area contributed by atoms with Crippen LogP contribution < -0.4 is 0 Å². The van der Waals surface area contributed by atoms with E-state index in [4.69, 9.17) is 10.2 Å². The summed E-state index contributed by atoms with van der Waals surface area (Å²) in [7, 11) is 0. The van der Waals surface area contributed by atoms with E-state index in [1.807, 2.05) is 0 Å². The molecule has 6 nitrogen and oxygen atoms in total. The quantitative estimate of drug-likeness (QED) is 0.520. The summed E-state index contributed by atoms with van der Waals surface area (Å²) < 4.78 is 0. The molecule has 1 aromatic rings. The molecule has 0 heterocycles. The van der Waals surface area contributed by atoms with Crippen molar-refractivity contribution in [2.45, 2.75) is 0 Å². The summed E-state index contributed by atoms with van der Waals surface area (Å²) in [6.07, 6.45) is 0. The molecule has 1 rings (SSSR count). The van der Waals surface area contributed by atoms with Crippen LogP contribution in [0.25, 0.3) is 0 Å². The second-order valence-corrected chi connectivity index (χ2v) is 2.02. The molecular weight excluding hydrogens is 164 g/mol. The van der Waals surface area contributed by atoms with Crippen molar-refractivity contribution in [3.8, 4) is 11.5 Å². The smallest absolute Gasteiger partial charge is 0.174 e. The highest BCUT2D eigenvalue weighted by Gasteiger charge is 2.10. The average molecular weight is 168 g/mol. The summed E-state index contributed by atoms with van der Waals surface area (Å²) in [5, 5.41) is 22.6. The molecule has 0 aliphatic heterocycles. The van der Waals surface area contributed by atoms with Crippen LogP contribution in [0.3, 0.4) is 0 Å². The van der Waals surface area contributed by atoms with Crippen LogP contribution in [-0.2, 0) is 0 Å². The summed E-state index contributed by atoms with van der Waals surface area (Å²) in [5.74, 6) is -0.977. The molecule has 0 radical (unpaired) electrons. The molecule has 0 spiro atoms. The zero-order valence-electron chi connectivity index (χ0n) is 5.76. The average Bonchev–Trinajstić information content (AvgIpc) is 2.08. The highest BCUT2D eigenvalue weighted by atomic mass is 16.3. The molecule has 62 valence electrons. The van der Waals surface area contributed by atoms with Crippen LogP contribution in [-0.4, -0.2) is 10.2 Å². The molecule has 0 aromatic heterocycles. The van der Waals surface area contributed by atoms with Crippen molar-refractivity contribution in [3.63, 3.8) is 0 Å². The van der Waals surface area contributed by atoms with E-state index in [1.54, 1.807) is 0 Å². The van der Waals surface area contributed by atoms with E-state index in [0.29, 0.717) is 0 Å². The molecule has 2 N–H and O–H groups in total. The van der Waals surface area contributed by atoms with Crippen LogP contribution in [0.15, 0.2) is 22.5 Å². The molecule has 6 heteroatoms. The maximum Gasteiger partial charge on any atom is 0.174 e. The third kappa shape index (κ3) is 1.22. The molecule has 0 saturated heterocycles. The van der Waals surface area contributed by atoms with Gasteiger partial charge in [-0.1, -0.05) is 0 Å². The fourth-order valence-corrected chi connectivity index (χ4v) is 0.729. The predicted octanol–water partition coefficient (Wildman–Crippen LogP) is 1.89. The first-order valence-corrected chi connectivity index (χ1v) is 2.91. The molecular formula is C6H4N2O4. The molecule has 12 heavy (non-hydrogen) atoms. The minimum Gasteiger partial charge on any atom is -0.508 e. The van der Waals surface area contributed by atoms with Crippen LogP contribution in [0.4, 0.5) is 11.4 Å². The van der Waals surface area contributed by atoms with Gasteiger partial charge in [-0.2, -0.15) is 0 Å². The number of nitroso groups, excluding NO2 is 2. The number of benzene rings is 1. The lowest BCUT2D eigenvalue weighted by Crippen LogP contribution is -1.70. The van der Waals surface area contributed by atoms with Crippen molar-refractivity contribution in [2.24, 2.45) is 10.4 Å². The first kappa shape index (κ1) is 8.12. The third-order valence-corrected chi connectivity index (χ3v) is 1.25. The first-order valence-electron chi connectivity index (χ1n) is 2.91. The van der Waals surface area contributed by atoms with Gasteiger partial charge in [0.15, 0.2) is 17.1 Å². The van der Waals surface area contributed by atoms with Gasteiger partial charge in [-0.05, 0) is 10.4 Å². The van der Waals surface area contributed by atoms with Crippen molar-refractivity contribution in [1.82, 2.24) is 0 Å². The van der Waals surface area contributed by atoms with Crippen LogP contribution in [0.2, 0.25) is 0 Å². The Bertz CT molecular complexity index is 307. The molecule has 1 aromatic carbocycles. The van der Waals surface area contributed by atoms with Gasteiger partial charge in [0.2, 0.25) is 0 Å². The van der Waals surface area contributed by atoms with Gasteiger partial charge in [0.05, 0.1) is 0 Å². The molecule has 0 saturated carbocycles. The zero-order chi connectivity index (χ0) is 9.14. The van der Waals surface area contributed by atoms with Crippen LogP contribution in [0.1, 0.15) is 0 Å². The Balaban J connectivity index is 3.41. The molecule has 0 aliphatic carbocycles. The van der Waals surface area contributed by atoms with Crippen LogP contribution in [0.5, 0.6) is 11.5 Å². The van der Waals surface area contributed by atoms with E-state index in [1.165, 1.54) is 0 Å². The minimum atomic E-state index is -0.627. The lowest BCUT2D eigenvalue weighted by atomic mass is 10.2. The van der Waals surface area contributed by atoms with E-state index in [0.717, 1.165) is 12.1 Å². The Hall–Kier alpha value is -1.98. The van der Waals surface area contributed by atoms with Crippen molar-refractivity contribution in [3.05, 3.63) is 21.9 Å². The number of phenols is 2. The molecule has 0 unspecified atom stereocenters. The highest BCUT2D eigenvalue weighted by molar-refractivity contribution is 5.68. The van der Waals surface area contributed by atoms with Gasteiger partial charge in [0.1, 0.15) is 5.75 Å². The lowest BCUT2D eigenvalue weighted by Gasteiger charge is -1.98. The van der Waals surface area contributed by atoms with Crippen molar-refractivity contribution in [1.29, 1.82) is 0 Å². The van der Waals surface area contributed by atoms with Gasteiger partial charge < -0.3 is 10.2 Å². The normalized spacial score (nSPS) is 9.33. The topological polar surface area (TPSA) is 99.3 Å². The third-order valence-electron chi connectivity index (χ3n) is 1.25. The number of phenolic OH excluding ortho intramolecular Hbond substituents is 2. The Kier molecular flexibility index (Phi) is 2.00. The SMILES string of the molecule is O=Nc1cc(O)cc(N=O)c1O. The summed E-state index contributed by atoms with van der Waals surface area (Å²) in [4.78, 5) is 20.0. The largest absolute Gasteiger partial charge is 0.508 e. The highest BCUT2D eigenvalue weighted by Crippen LogP contribution is 2.39. The molecule has 0 aliphatic rings. The fourth-order valence-electron chi connectivity index (χ4n) is 0.729. The minimum absolute atomic E-state index is 0.350. The van der Waals surface area contributed by atoms with E-state index >= 15 is 0 Å². The number of hydrogen-bond acceptors (Lipinski definition) is 6. The van der Waals surface area contributed by atoms with Crippen LogP contribution in [0, 0.1) is 9.81 Å². The molecule has 0 amide bonds. The Morgan fingerprint density at radius 1 is 1.00 bits per heavy atom. The summed E-state index contributed by atoms with van der Waals surface area (Å²) >= 11 is 0. The Morgan fingerprint density at radius 3 is 1.75 bits per heavy atom. The van der Waals surface area contributed by atoms with Crippen molar-refractivity contribution < 1.29 is 10.2 Å². The molecule has 0 fully saturated rings. The number of rotatable bonds is 2. The van der Waals surface area contributed by atoms with Gasteiger partial charge in [0, 0.05) is 12.1 Å². The van der Waals surface area contributed by atoms with Gasteiger partial charge in [0.25, 0.3) is 0 Å². The molecule has 0 atom stereocenters.